The van der Waals surface area contributed by atoms with Crippen molar-refractivity contribution >= 4 is 11.9 Å². The first-order valence-corrected chi connectivity index (χ1v) is 4.58. The van der Waals surface area contributed by atoms with E-state index >= 15 is 0 Å². The SMILES string of the molecule is NC(=O)C1CCCCN1.O=C(O)C(F)(F)F. The van der Waals surface area contributed by atoms with Crippen LogP contribution >= 0.6 is 0 Å². The minimum Gasteiger partial charge on any atom is -0.475 e. The van der Waals surface area contributed by atoms with Crippen LogP contribution in [0, 0.1) is 0 Å². The van der Waals surface area contributed by atoms with E-state index in [4.69, 9.17) is 15.6 Å². The molecule has 8 heteroatoms. The molecule has 1 aliphatic heterocycles. The Hall–Kier alpha value is -1.31. The lowest BCUT2D eigenvalue weighted by Crippen LogP contribution is -2.44. The number of carbonyl (C=O) groups excluding carboxylic acids is 1. The molecule has 1 rings (SSSR count). The van der Waals surface area contributed by atoms with Crippen LogP contribution in [0.3, 0.4) is 0 Å². The number of halogens is 3. The van der Waals surface area contributed by atoms with Crippen molar-refractivity contribution in [2.75, 3.05) is 6.54 Å². The normalized spacial score (nSPS) is 20.6. The molecule has 0 spiro atoms. The zero-order valence-corrected chi connectivity index (χ0v) is 8.38. The second-order valence-electron chi connectivity index (χ2n) is 3.21. The molecule has 0 aromatic heterocycles. The van der Waals surface area contributed by atoms with E-state index in [0.29, 0.717) is 0 Å². The summed E-state index contributed by atoms with van der Waals surface area (Å²) in [5.74, 6) is -2.97. The Kier molecular flexibility index (Phi) is 5.79. The van der Waals surface area contributed by atoms with E-state index in [2.05, 4.69) is 5.32 Å². The van der Waals surface area contributed by atoms with E-state index in [1.165, 1.54) is 6.42 Å². The summed E-state index contributed by atoms with van der Waals surface area (Å²) in [4.78, 5) is 19.4. The number of carboxylic acid groups (broad SMARTS) is 1. The smallest absolute Gasteiger partial charge is 0.475 e. The first-order chi connectivity index (χ1) is 7.25. The standard InChI is InChI=1S/C6H12N2O.C2HF3O2/c7-6(9)5-3-1-2-4-8-5;3-2(4,5)1(6)7/h5,8H,1-4H2,(H2,7,9);(H,6,7). The number of hydrogen-bond donors (Lipinski definition) is 3. The van der Waals surface area contributed by atoms with Gasteiger partial charge in [0.25, 0.3) is 0 Å². The second-order valence-corrected chi connectivity index (χ2v) is 3.21. The first kappa shape index (κ1) is 14.7. The van der Waals surface area contributed by atoms with Crippen LogP contribution in [0.15, 0.2) is 0 Å². The maximum atomic E-state index is 10.6. The number of carboxylic acids is 1. The number of rotatable bonds is 1. The summed E-state index contributed by atoms with van der Waals surface area (Å²) in [5, 5.41) is 10.2. The number of alkyl halides is 3. The topological polar surface area (TPSA) is 92.4 Å². The average molecular weight is 242 g/mol. The number of amides is 1. The van der Waals surface area contributed by atoms with Crippen molar-refractivity contribution in [1.29, 1.82) is 0 Å². The van der Waals surface area contributed by atoms with Crippen molar-refractivity contribution in [3.05, 3.63) is 0 Å². The van der Waals surface area contributed by atoms with Crippen molar-refractivity contribution < 1.29 is 27.9 Å². The highest BCUT2D eigenvalue weighted by Gasteiger charge is 2.38. The van der Waals surface area contributed by atoms with Gasteiger partial charge in [-0.3, -0.25) is 4.79 Å². The van der Waals surface area contributed by atoms with Crippen LogP contribution in [-0.4, -0.2) is 35.7 Å². The largest absolute Gasteiger partial charge is 0.490 e. The Labute approximate surface area is 89.8 Å². The third-order valence-corrected chi connectivity index (χ3v) is 1.90. The molecule has 1 aliphatic rings. The molecule has 1 atom stereocenters. The number of primary amides is 1. The Balaban J connectivity index is 0.000000293. The van der Waals surface area contributed by atoms with Crippen LogP contribution in [0.5, 0.6) is 0 Å². The Morgan fingerprint density at radius 3 is 2.00 bits per heavy atom. The third kappa shape index (κ3) is 6.23. The fourth-order valence-corrected chi connectivity index (χ4v) is 1.09. The van der Waals surface area contributed by atoms with Gasteiger partial charge in [-0.1, -0.05) is 6.42 Å². The van der Waals surface area contributed by atoms with Gasteiger partial charge in [-0.05, 0) is 19.4 Å². The Bertz CT molecular complexity index is 249. The van der Waals surface area contributed by atoms with E-state index in [1.54, 1.807) is 0 Å². The highest BCUT2D eigenvalue weighted by Crippen LogP contribution is 2.13. The molecule has 4 N–H and O–H groups in total. The third-order valence-electron chi connectivity index (χ3n) is 1.90. The van der Waals surface area contributed by atoms with Crippen LogP contribution in [0.1, 0.15) is 19.3 Å². The molecule has 94 valence electrons. The molecule has 1 heterocycles. The van der Waals surface area contributed by atoms with Crippen LogP contribution in [0.2, 0.25) is 0 Å². The van der Waals surface area contributed by atoms with Gasteiger partial charge in [0, 0.05) is 0 Å². The van der Waals surface area contributed by atoms with Crippen LogP contribution in [0.4, 0.5) is 13.2 Å². The quantitative estimate of drug-likeness (QED) is 0.614. The van der Waals surface area contributed by atoms with E-state index in [-0.39, 0.29) is 11.9 Å². The maximum Gasteiger partial charge on any atom is 0.490 e. The number of aliphatic carboxylic acids is 1. The van der Waals surface area contributed by atoms with Crippen LogP contribution in [-0.2, 0) is 9.59 Å². The number of nitrogens with one attached hydrogen (secondary N) is 1. The molecule has 16 heavy (non-hydrogen) atoms. The number of piperidine rings is 1. The van der Waals surface area contributed by atoms with E-state index in [9.17, 15) is 18.0 Å². The first-order valence-electron chi connectivity index (χ1n) is 4.58. The molecule has 0 aromatic carbocycles. The molecule has 1 amide bonds. The van der Waals surface area contributed by atoms with Gasteiger partial charge in [0.05, 0.1) is 6.04 Å². The van der Waals surface area contributed by atoms with E-state index < -0.39 is 12.1 Å². The molecule has 0 bridgehead atoms. The van der Waals surface area contributed by atoms with Gasteiger partial charge in [0.15, 0.2) is 0 Å². The molecule has 1 saturated heterocycles. The zero-order valence-electron chi connectivity index (χ0n) is 8.38. The summed E-state index contributed by atoms with van der Waals surface area (Å²) in [6, 6.07) is -0.0567. The van der Waals surface area contributed by atoms with Gasteiger partial charge in [-0.25, -0.2) is 4.79 Å². The fourth-order valence-electron chi connectivity index (χ4n) is 1.09. The summed E-state index contributed by atoms with van der Waals surface area (Å²) < 4.78 is 31.7. The monoisotopic (exact) mass is 242 g/mol. The average Bonchev–Trinajstić information content (AvgIpc) is 2.18. The van der Waals surface area contributed by atoms with Crippen LogP contribution in [0.25, 0.3) is 0 Å². The van der Waals surface area contributed by atoms with Gasteiger partial charge in [-0.15, -0.1) is 0 Å². The van der Waals surface area contributed by atoms with Gasteiger partial charge in [0.1, 0.15) is 0 Å². The molecule has 0 aliphatic carbocycles. The van der Waals surface area contributed by atoms with Crippen LogP contribution < -0.4 is 11.1 Å². The van der Waals surface area contributed by atoms with E-state index in [1.807, 2.05) is 0 Å². The maximum absolute atomic E-state index is 10.6. The van der Waals surface area contributed by atoms with Crippen molar-refractivity contribution in [3.8, 4) is 0 Å². The molecular formula is C8H13F3N2O3. The van der Waals surface area contributed by atoms with Crippen molar-refractivity contribution in [2.24, 2.45) is 5.73 Å². The molecule has 0 aromatic rings. The zero-order chi connectivity index (χ0) is 12.8. The predicted octanol–water partition coefficient (Wildman–Crippen LogP) is 0.247. The molecular weight excluding hydrogens is 229 g/mol. The van der Waals surface area contributed by atoms with Gasteiger partial charge >= 0.3 is 12.1 Å². The lowest BCUT2D eigenvalue weighted by Gasteiger charge is -2.19. The minimum atomic E-state index is -5.08. The van der Waals surface area contributed by atoms with Gasteiger partial charge < -0.3 is 16.2 Å². The summed E-state index contributed by atoms with van der Waals surface area (Å²) in [5.41, 5.74) is 5.07. The minimum absolute atomic E-state index is 0.0567. The Morgan fingerprint density at radius 2 is 1.81 bits per heavy atom. The summed E-state index contributed by atoms with van der Waals surface area (Å²) in [7, 11) is 0. The lowest BCUT2D eigenvalue weighted by molar-refractivity contribution is -0.192. The summed E-state index contributed by atoms with van der Waals surface area (Å²) >= 11 is 0. The lowest BCUT2D eigenvalue weighted by atomic mass is 10.1. The highest BCUT2D eigenvalue weighted by molar-refractivity contribution is 5.79. The second kappa shape index (κ2) is 6.31. The fraction of sp³-hybridized carbons (Fsp3) is 0.750. The summed E-state index contributed by atoms with van der Waals surface area (Å²) in [6.45, 7) is 0.938. The molecule has 1 unspecified atom stereocenters. The molecule has 0 radical (unpaired) electrons. The predicted molar refractivity (Wildman–Crippen MR) is 48.5 cm³/mol. The number of hydrogen-bond acceptors (Lipinski definition) is 3. The number of carbonyl (C=O) groups is 2. The number of nitrogens with two attached hydrogens (primary N) is 1. The highest BCUT2D eigenvalue weighted by atomic mass is 19.4. The Morgan fingerprint density at radius 1 is 1.31 bits per heavy atom. The van der Waals surface area contributed by atoms with Crippen molar-refractivity contribution in [1.82, 2.24) is 5.32 Å². The summed E-state index contributed by atoms with van der Waals surface area (Å²) in [6.07, 6.45) is -1.88. The molecule has 5 nitrogen and oxygen atoms in total. The van der Waals surface area contributed by atoms with Gasteiger partial charge in [0.2, 0.25) is 5.91 Å². The molecule has 1 fully saturated rings. The molecule has 0 saturated carbocycles. The van der Waals surface area contributed by atoms with E-state index in [0.717, 1.165) is 19.4 Å². The van der Waals surface area contributed by atoms with Crippen molar-refractivity contribution in [3.63, 3.8) is 0 Å². The van der Waals surface area contributed by atoms with Crippen molar-refractivity contribution in [2.45, 2.75) is 31.5 Å². The van der Waals surface area contributed by atoms with Gasteiger partial charge in [-0.2, -0.15) is 13.2 Å².